The summed E-state index contributed by atoms with van der Waals surface area (Å²) in [6.45, 7) is 1.32. The van der Waals surface area contributed by atoms with Gasteiger partial charge < -0.3 is 14.2 Å². The van der Waals surface area contributed by atoms with Crippen LogP contribution in [-0.4, -0.2) is 26.4 Å². The summed E-state index contributed by atoms with van der Waals surface area (Å²) < 4.78 is 17.3. The highest BCUT2D eigenvalue weighted by atomic mass is 79.9. The first-order chi connectivity index (χ1) is 11.7. The zero-order valence-electron chi connectivity index (χ0n) is 13.4. The number of ether oxygens (including phenoxy) is 3. The zero-order chi connectivity index (χ0) is 16.9. The molecule has 2 aromatic carbocycles. The number of nitriles is 1. The summed E-state index contributed by atoms with van der Waals surface area (Å²) in [6.07, 6.45) is 1.61. The molecule has 0 unspecified atom stereocenters. The van der Waals surface area contributed by atoms with Crippen LogP contribution in [0.3, 0.4) is 0 Å². The number of rotatable bonds is 5. The Balaban J connectivity index is 1.82. The second kappa shape index (κ2) is 7.69. The molecule has 0 spiro atoms. The van der Waals surface area contributed by atoms with Crippen LogP contribution in [0.4, 0.5) is 0 Å². The van der Waals surface area contributed by atoms with Crippen molar-refractivity contribution in [3.8, 4) is 17.6 Å². The molecule has 3 rings (SSSR count). The molecule has 1 fully saturated rings. The maximum Gasteiger partial charge on any atom is 0.135 e. The van der Waals surface area contributed by atoms with Gasteiger partial charge in [0.05, 0.1) is 36.4 Å². The molecule has 1 atom stereocenters. The Hall–Kier alpha value is -2.03. The zero-order valence-corrected chi connectivity index (χ0v) is 15.0. The minimum absolute atomic E-state index is 0.0558. The van der Waals surface area contributed by atoms with Crippen molar-refractivity contribution in [2.45, 2.75) is 18.9 Å². The summed E-state index contributed by atoms with van der Waals surface area (Å²) in [7, 11) is 1.65. The number of nitrogens with zero attached hydrogens (tertiary/aromatic N) is 1. The molecule has 5 heteroatoms. The number of hydrogen-bond acceptors (Lipinski definition) is 4. The van der Waals surface area contributed by atoms with E-state index in [0.717, 1.165) is 34.4 Å². The molecule has 4 nitrogen and oxygen atoms in total. The van der Waals surface area contributed by atoms with Crippen LogP contribution < -0.4 is 9.47 Å². The highest BCUT2D eigenvalue weighted by molar-refractivity contribution is 9.10. The Labute approximate surface area is 150 Å². The molecule has 124 valence electrons. The summed E-state index contributed by atoms with van der Waals surface area (Å²) in [4.78, 5) is 0. The molecule has 0 bridgehead atoms. The highest BCUT2D eigenvalue weighted by Gasteiger charge is 2.19. The van der Waals surface area contributed by atoms with Crippen LogP contribution in [0.25, 0.3) is 0 Å². The van der Waals surface area contributed by atoms with Gasteiger partial charge in [0.1, 0.15) is 17.6 Å². The van der Waals surface area contributed by atoms with E-state index in [0.29, 0.717) is 24.3 Å². The van der Waals surface area contributed by atoms with Gasteiger partial charge in [0.25, 0.3) is 0 Å². The molecule has 2 aromatic rings. The Morgan fingerprint density at radius 2 is 2.08 bits per heavy atom. The molecule has 1 aliphatic heterocycles. The fraction of sp³-hybridized carbons (Fsp3) is 0.316. The van der Waals surface area contributed by atoms with Crippen molar-refractivity contribution in [2.75, 3.05) is 20.3 Å². The molecule has 1 aliphatic rings. The van der Waals surface area contributed by atoms with Gasteiger partial charge in [-0.1, -0.05) is 12.1 Å². The first-order valence-electron chi connectivity index (χ1n) is 7.79. The predicted octanol–water partition coefficient (Wildman–Crippen LogP) is 4.09. The average Bonchev–Trinajstić information content (AvgIpc) is 3.11. The van der Waals surface area contributed by atoms with E-state index in [4.69, 9.17) is 14.2 Å². The summed E-state index contributed by atoms with van der Waals surface area (Å²) in [5, 5.41) is 9.49. The Morgan fingerprint density at radius 3 is 2.71 bits per heavy atom. The minimum Gasteiger partial charge on any atom is -0.497 e. The Bertz CT molecular complexity index is 746. The van der Waals surface area contributed by atoms with Crippen LogP contribution >= 0.6 is 15.9 Å². The quantitative estimate of drug-likeness (QED) is 0.775. The van der Waals surface area contributed by atoms with Gasteiger partial charge in [-0.2, -0.15) is 5.26 Å². The second-order valence-corrected chi connectivity index (χ2v) is 6.53. The summed E-state index contributed by atoms with van der Waals surface area (Å²) in [6, 6.07) is 13.9. The van der Waals surface area contributed by atoms with Gasteiger partial charge in [-0.05, 0) is 57.7 Å². The first kappa shape index (κ1) is 16.8. The molecule has 0 aliphatic carbocycles. The van der Waals surface area contributed by atoms with Crippen LogP contribution in [0.5, 0.6) is 11.5 Å². The van der Waals surface area contributed by atoms with Crippen molar-refractivity contribution < 1.29 is 14.2 Å². The van der Waals surface area contributed by atoms with E-state index in [1.807, 2.05) is 30.3 Å². The van der Waals surface area contributed by atoms with E-state index in [2.05, 4.69) is 22.0 Å². The summed E-state index contributed by atoms with van der Waals surface area (Å²) in [5.41, 5.74) is 2.71. The molecular formula is C19H18BrNO3. The van der Waals surface area contributed by atoms with Gasteiger partial charge in [-0.15, -0.1) is 0 Å². The average molecular weight is 388 g/mol. The van der Waals surface area contributed by atoms with E-state index in [1.165, 1.54) is 0 Å². The Morgan fingerprint density at radius 1 is 1.29 bits per heavy atom. The van der Waals surface area contributed by atoms with Crippen molar-refractivity contribution >= 4 is 15.9 Å². The van der Waals surface area contributed by atoms with Crippen LogP contribution in [0.2, 0.25) is 0 Å². The van der Waals surface area contributed by atoms with Crippen LogP contribution in [0, 0.1) is 11.3 Å². The van der Waals surface area contributed by atoms with Gasteiger partial charge >= 0.3 is 0 Å². The normalized spacial score (nSPS) is 16.6. The van der Waals surface area contributed by atoms with Crippen molar-refractivity contribution in [2.24, 2.45) is 0 Å². The smallest absolute Gasteiger partial charge is 0.135 e. The molecular weight excluding hydrogens is 370 g/mol. The molecule has 24 heavy (non-hydrogen) atoms. The molecule has 1 heterocycles. The number of benzene rings is 2. The van der Waals surface area contributed by atoms with Gasteiger partial charge in [-0.3, -0.25) is 0 Å². The van der Waals surface area contributed by atoms with E-state index >= 15 is 0 Å². The lowest BCUT2D eigenvalue weighted by Gasteiger charge is -2.15. The fourth-order valence-electron chi connectivity index (χ4n) is 2.68. The van der Waals surface area contributed by atoms with Crippen molar-refractivity contribution in [1.82, 2.24) is 0 Å². The third-order valence-electron chi connectivity index (χ3n) is 4.01. The summed E-state index contributed by atoms with van der Waals surface area (Å²) in [5.74, 6) is 1.52. The Kier molecular flexibility index (Phi) is 5.39. The fourth-order valence-corrected chi connectivity index (χ4v) is 3.17. The van der Waals surface area contributed by atoms with Crippen molar-refractivity contribution in [3.05, 3.63) is 57.6 Å². The molecule has 0 saturated carbocycles. The van der Waals surface area contributed by atoms with Gasteiger partial charge in [0.15, 0.2) is 0 Å². The molecule has 1 saturated heterocycles. The third-order valence-corrected chi connectivity index (χ3v) is 4.63. The van der Waals surface area contributed by atoms with Crippen LogP contribution in [0.15, 0.2) is 40.9 Å². The lowest BCUT2D eigenvalue weighted by Crippen LogP contribution is -2.16. The van der Waals surface area contributed by atoms with E-state index in [-0.39, 0.29) is 6.10 Å². The van der Waals surface area contributed by atoms with Crippen LogP contribution in [0.1, 0.15) is 23.1 Å². The van der Waals surface area contributed by atoms with E-state index < -0.39 is 0 Å². The number of hydrogen-bond donors (Lipinski definition) is 0. The molecule has 0 aromatic heterocycles. The van der Waals surface area contributed by atoms with E-state index in [9.17, 15) is 5.26 Å². The largest absolute Gasteiger partial charge is 0.497 e. The second-order valence-electron chi connectivity index (χ2n) is 5.68. The number of halogens is 1. The van der Waals surface area contributed by atoms with Gasteiger partial charge in [0.2, 0.25) is 0 Å². The minimum atomic E-state index is 0.0558. The monoisotopic (exact) mass is 387 g/mol. The summed E-state index contributed by atoms with van der Waals surface area (Å²) >= 11 is 3.56. The standard InChI is InChI=1S/C19H18BrNO3/c1-22-16-4-2-13(3-5-16)8-14-9-18(20)19(10-15(14)11-21)24-17-6-7-23-12-17/h2-5,9-10,17H,6-8,12H2,1H3/t17-/m1/s1. The molecule has 0 N–H and O–H groups in total. The maximum absolute atomic E-state index is 9.49. The lowest BCUT2D eigenvalue weighted by atomic mass is 10.00. The molecule has 0 radical (unpaired) electrons. The first-order valence-corrected chi connectivity index (χ1v) is 8.58. The van der Waals surface area contributed by atoms with E-state index in [1.54, 1.807) is 13.2 Å². The highest BCUT2D eigenvalue weighted by Crippen LogP contribution is 2.31. The van der Waals surface area contributed by atoms with Crippen molar-refractivity contribution in [3.63, 3.8) is 0 Å². The van der Waals surface area contributed by atoms with Gasteiger partial charge in [-0.25, -0.2) is 0 Å². The molecule has 0 amide bonds. The van der Waals surface area contributed by atoms with Gasteiger partial charge in [0, 0.05) is 6.42 Å². The predicted molar refractivity (Wildman–Crippen MR) is 94.5 cm³/mol. The topological polar surface area (TPSA) is 51.5 Å². The lowest BCUT2D eigenvalue weighted by molar-refractivity contribution is 0.141. The third kappa shape index (κ3) is 3.89. The SMILES string of the molecule is COc1ccc(Cc2cc(Br)c(O[C@@H]3CCOC3)cc2C#N)cc1. The maximum atomic E-state index is 9.49. The van der Waals surface area contributed by atoms with Crippen molar-refractivity contribution in [1.29, 1.82) is 5.26 Å². The van der Waals surface area contributed by atoms with Crippen LogP contribution in [-0.2, 0) is 11.2 Å². The number of methoxy groups -OCH3 is 1.